The molecule has 0 atom stereocenters. The first-order chi connectivity index (χ1) is 11.3. The molecule has 2 aromatic carbocycles. The summed E-state index contributed by atoms with van der Waals surface area (Å²) in [5.41, 5.74) is -0.393. The van der Waals surface area contributed by atoms with Gasteiger partial charge in [-0.2, -0.15) is 0 Å². The Morgan fingerprint density at radius 1 is 1.08 bits per heavy atom. The second kappa shape index (κ2) is 6.20. The van der Waals surface area contributed by atoms with Gasteiger partial charge >= 0.3 is 0 Å². The van der Waals surface area contributed by atoms with Crippen molar-refractivity contribution in [3.63, 3.8) is 0 Å². The van der Waals surface area contributed by atoms with Gasteiger partial charge in [-0.1, -0.05) is 41.9 Å². The minimum Gasteiger partial charge on any atom is -0.381 e. The standard InChI is InChI=1S/C17H16ClNO4S/c18-14-6-8-15(9-7-14)24(22,23)10-16(20)19-11-17(21,12-19)13-4-2-1-3-5-13/h1-9,21H,10-12H2. The summed E-state index contributed by atoms with van der Waals surface area (Å²) in [5, 5.41) is 10.9. The van der Waals surface area contributed by atoms with Crippen molar-refractivity contribution in [3.8, 4) is 0 Å². The van der Waals surface area contributed by atoms with Crippen LogP contribution in [0.1, 0.15) is 5.56 Å². The van der Waals surface area contributed by atoms with Crippen LogP contribution in [0.25, 0.3) is 0 Å². The summed E-state index contributed by atoms with van der Waals surface area (Å²) in [6.45, 7) is 0.179. The number of aliphatic hydroxyl groups is 1. The number of sulfone groups is 1. The molecule has 126 valence electrons. The molecule has 0 saturated carbocycles. The van der Waals surface area contributed by atoms with Crippen LogP contribution < -0.4 is 0 Å². The predicted octanol–water partition coefficient (Wildman–Crippen LogP) is 1.84. The van der Waals surface area contributed by atoms with Crippen LogP contribution in [-0.4, -0.2) is 43.2 Å². The number of hydrogen-bond donors (Lipinski definition) is 1. The van der Waals surface area contributed by atoms with Gasteiger partial charge in [-0.25, -0.2) is 8.42 Å². The summed E-state index contributed by atoms with van der Waals surface area (Å²) in [6, 6.07) is 14.7. The Balaban J connectivity index is 1.66. The lowest BCUT2D eigenvalue weighted by molar-refractivity contribution is -0.154. The fraction of sp³-hybridized carbons (Fsp3) is 0.235. The zero-order chi connectivity index (χ0) is 17.4. The number of β-amino-alcohol motifs (C(OH)–C–C–N with tert-alkyl or cyclic N) is 1. The van der Waals surface area contributed by atoms with Crippen molar-refractivity contribution < 1.29 is 18.3 Å². The lowest BCUT2D eigenvalue weighted by Gasteiger charge is -2.46. The fourth-order valence-electron chi connectivity index (χ4n) is 2.67. The Labute approximate surface area is 145 Å². The monoisotopic (exact) mass is 365 g/mol. The van der Waals surface area contributed by atoms with Gasteiger partial charge in [0.15, 0.2) is 9.84 Å². The summed E-state index contributed by atoms with van der Waals surface area (Å²) in [6.07, 6.45) is 0. The molecule has 1 amide bonds. The Morgan fingerprint density at radius 2 is 1.67 bits per heavy atom. The van der Waals surface area contributed by atoms with Crippen molar-refractivity contribution in [2.24, 2.45) is 0 Å². The van der Waals surface area contributed by atoms with Gasteiger partial charge in [0.05, 0.1) is 18.0 Å². The number of rotatable bonds is 4. The average molecular weight is 366 g/mol. The molecule has 1 heterocycles. The van der Waals surface area contributed by atoms with Gasteiger partial charge in [0, 0.05) is 5.02 Å². The average Bonchev–Trinajstić information content (AvgIpc) is 2.52. The second-order valence-electron chi connectivity index (χ2n) is 5.86. The SMILES string of the molecule is O=C(CS(=O)(=O)c1ccc(Cl)cc1)N1CC(O)(c2ccccc2)C1. The first kappa shape index (κ1) is 17.0. The van der Waals surface area contributed by atoms with Gasteiger partial charge in [0.25, 0.3) is 0 Å². The van der Waals surface area contributed by atoms with E-state index < -0.39 is 27.1 Å². The molecule has 0 unspecified atom stereocenters. The number of hydrogen-bond acceptors (Lipinski definition) is 4. The quantitative estimate of drug-likeness (QED) is 0.897. The van der Waals surface area contributed by atoms with Gasteiger partial charge in [-0.3, -0.25) is 4.79 Å². The highest BCUT2D eigenvalue weighted by atomic mass is 35.5. The summed E-state index contributed by atoms with van der Waals surface area (Å²) < 4.78 is 24.6. The smallest absolute Gasteiger partial charge is 0.238 e. The molecule has 2 aromatic rings. The second-order valence-corrected chi connectivity index (χ2v) is 8.29. The van der Waals surface area contributed by atoms with Crippen LogP contribution in [0, 0.1) is 0 Å². The van der Waals surface area contributed by atoms with Crippen molar-refractivity contribution >= 4 is 27.3 Å². The summed E-state index contributed by atoms with van der Waals surface area (Å²) in [4.78, 5) is 13.6. The zero-order valence-electron chi connectivity index (χ0n) is 12.7. The molecule has 0 aliphatic carbocycles. The summed E-state index contributed by atoms with van der Waals surface area (Å²) >= 11 is 5.74. The van der Waals surface area contributed by atoms with E-state index in [-0.39, 0.29) is 18.0 Å². The molecule has 0 bridgehead atoms. The highest BCUT2D eigenvalue weighted by Gasteiger charge is 2.45. The van der Waals surface area contributed by atoms with Crippen molar-refractivity contribution in [3.05, 3.63) is 65.2 Å². The molecular formula is C17H16ClNO4S. The molecule has 3 rings (SSSR count). The Bertz CT molecular complexity index is 844. The number of halogens is 1. The first-order valence-electron chi connectivity index (χ1n) is 7.34. The number of carbonyl (C=O) groups excluding carboxylic acids is 1. The minimum absolute atomic E-state index is 0.0547. The zero-order valence-corrected chi connectivity index (χ0v) is 14.3. The topological polar surface area (TPSA) is 74.7 Å². The molecule has 0 aromatic heterocycles. The van der Waals surface area contributed by atoms with Gasteiger partial charge in [-0.15, -0.1) is 0 Å². The number of nitrogens with zero attached hydrogens (tertiary/aromatic N) is 1. The predicted molar refractivity (Wildman–Crippen MR) is 90.4 cm³/mol. The first-order valence-corrected chi connectivity index (χ1v) is 9.37. The molecule has 1 aliphatic rings. The van der Waals surface area contributed by atoms with Gasteiger partial charge in [-0.05, 0) is 29.8 Å². The molecule has 0 radical (unpaired) electrons. The van der Waals surface area contributed by atoms with Gasteiger partial charge < -0.3 is 10.0 Å². The lowest BCUT2D eigenvalue weighted by atomic mass is 9.86. The highest BCUT2D eigenvalue weighted by molar-refractivity contribution is 7.92. The van der Waals surface area contributed by atoms with E-state index >= 15 is 0 Å². The van der Waals surface area contributed by atoms with Crippen molar-refractivity contribution in [2.75, 3.05) is 18.8 Å². The maximum absolute atomic E-state index is 12.3. The number of likely N-dealkylation sites (tertiary alicyclic amines) is 1. The van der Waals surface area contributed by atoms with Crippen LogP contribution in [0.4, 0.5) is 0 Å². The van der Waals surface area contributed by atoms with Crippen molar-refractivity contribution in [1.82, 2.24) is 4.90 Å². The number of benzene rings is 2. The van der Waals surface area contributed by atoms with Crippen LogP contribution in [0.3, 0.4) is 0 Å². The van der Waals surface area contributed by atoms with E-state index in [4.69, 9.17) is 11.6 Å². The highest BCUT2D eigenvalue weighted by Crippen LogP contribution is 2.32. The van der Waals surface area contributed by atoms with E-state index in [2.05, 4.69) is 0 Å². The molecule has 1 fully saturated rings. The Morgan fingerprint density at radius 3 is 2.25 bits per heavy atom. The van der Waals surface area contributed by atoms with E-state index in [0.29, 0.717) is 5.02 Å². The maximum Gasteiger partial charge on any atom is 0.238 e. The normalized spacial score (nSPS) is 16.5. The van der Waals surface area contributed by atoms with Gasteiger partial charge in [0.2, 0.25) is 5.91 Å². The van der Waals surface area contributed by atoms with Crippen molar-refractivity contribution in [1.29, 1.82) is 0 Å². The molecule has 24 heavy (non-hydrogen) atoms. The third-order valence-corrected chi connectivity index (χ3v) is 5.92. The molecule has 1 aliphatic heterocycles. The van der Waals surface area contributed by atoms with Crippen LogP contribution in [0.15, 0.2) is 59.5 Å². The molecule has 1 saturated heterocycles. The molecule has 1 N–H and O–H groups in total. The lowest BCUT2D eigenvalue weighted by Crippen LogP contribution is -2.62. The third kappa shape index (κ3) is 3.31. The maximum atomic E-state index is 12.3. The van der Waals surface area contributed by atoms with E-state index in [1.165, 1.54) is 29.2 Å². The number of amides is 1. The summed E-state index contributed by atoms with van der Waals surface area (Å²) in [5.74, 6) is -1.15. The van der Waals surface area contributed by atoms with Crippen LogP contribution in [0.5, 0.6) is 0 Å². The van der Waals surface area contributed by atoms with Crippen molar-refractivity contribution in [2.45, 2.75) is 10.5 Å². The molecule has 0 spiro atoms. The van der Waals surface area contributed by atoms with Crippen LogP contribution >= 0.6 is 11.6 Å². The molecule has 7 heteroatoms. The largest absolute Gasteiger partial charge is 0.381 e. The van der Waals surface area contributed by atoms with Crippen LogP contribution in [-0.2, 0) is 20.2 Å². The van der Waals surface area contributed by atoms with E-state index in [1.54, 1.807) is 12.1 Å². The number of carbonyl (C=O) groups is 1. The fourth-order valence-corrected chi connectivity index (χ4v) is 4.02. The summed E-state index contributed by atoms with van der Waals surface area (Å²) in [7, 11) is -3.73. The molecular weight excluding hydrogens is 350 g/mol. The molecule has 5 nitrogen and oxygen atoms in total. The van der Waals surface area contributed by atoms with E-state index in [0.717, 1.165) is 5.56 Å². The Kier molecular flexibility index (Phi) is 4.38. The van der Waals surface area contributed by atoms with Gasteiger partial charge in [0.1, 0.15) is 11.4 Å². The Hall–Kier alpha value is -1.89. The van der Waals surface area contributed by atoms with Crippen LogP contribution in [0.2, 0.25) is 5.02 Å². The van der Waals surface area contributed by atoms with E-state index in [9.17, 15) is 18.3 Å². The minimum atomic E-state index is -3.73. The van der Waals surface area contributed by atoms with E-state index in [1.807, 2.05) is 18.2 Å². The third-order valence-electron chi connectivity index (χ3n) is 4.05.